The average Bonchev–Trinajstić information content (AvgIpc) is 2.85. The van der Waals surface area contributed by atoms with Crippen molar-refractivity contribution in [2.45, 2.75) is 45.2 Å². The Morgan fingerprint density at radius 3 is 2.26 bits per heavy atom. The zero-order valence-corrected chi connectivity index (χ0v) is 20.6. The lowest BCUT2D eigenvalue weighted by Gasteiger charge is -2.23. The first-order chi connectivity index (χ1) is 16.7. The molecule has 0 saturated carbocycles. The predicted molar refractivity (Wildman–Crippen MR) is 137 cm³/mol. The summed E-state index contributed by atoms with van der Waals surface area (Å²) in [7, 11) is 1.65. The number of hydrogen-bond donors (Lipinski definition) is 2. The van der Waals surface area contributed by atoms with E-state index >= 15 is 0 Å². The summed E-state index contributed by atoms with van der Waals surface area (Å²) in [5.74, 6) is -0.276. The number of nitrogens with zero attached hydrogens (tertiary/aromatic N) is 2. The van der Waals surface area contributed by atoms with Crippen LogP contribution >= 0.6 is 0 Å². The van der Waals surface area contributed by atoms with Gasteiger partial charge in [-0.2, -0.15) is 4.91 Å². The molecule has 35 heavy (non-hydrogen) atoms. The Kier molecular flexibility index (Phi) is 8.71. The number of nitroso groups, excluding NO2 is 1. The smallest absolute Gasteiger partial charge is 0.251 e. The van der Waals surface area contributed by atoms with Crippen LogP contribution in [0.25, 0.3) is 0 Å². The van der Waals surface area contributed by atoms with Gasteiger partial charge in [-0.25, -0.2) is 0 Å². The lowest BCUT2D eigenvalue weighted by atomic mass is 9.82. The monoisotopic (exact) mass is 475 g/mol. The summed E-state index contributed by atoms with van der Waals surface area (Å²) in [5, 5.41) is 15.8. The number of carbonyl (C=O) groups excluding carboxylic acids is 1. The van der Waals surface area contributed by atoms with Crippen LogP contribution in [0.5, 0.6) is 0 Å². The molecular weight excluding hydrogens is 442 g/mol. The van der Waals surface area contributed by atoms with Gasteiger partial charge in [0.15, 0.2) is 0 Å². The number of aliphatic hydroxyl groups is 1. The molecule has 0 aliphatic rings. The van der Waals surface area contributed by atoms with Crippen LogP contribution in [0, 0.1) is 17.7 Å². The summed E-state index contributed by atoms with van der Waals surface area (Å²) in [6, 6.07) is 17.5. The molecule has 0 spiro atoms. The summed E-state index contributed by atoms with van der Waals surface area (Å²) in [6.07, 6.45) is 2.07. The fourth-order valence-electron chi connectivity index (χ4n) is 4.24. The molecule has 0 fully saturated rings. The number of carbonyl (C=O) groups is 1. The van der Waals surface area contributed by atoms with Gasteiger partial charge >= 0.3 is 0 Å². The van der Waals surface area contributed by atoms with E-state index in [9.17, 15) is 19.6 Å². The average molecular weight is 476 g/mol. The molecule has 0 saturated heterocycles. The maximum Gasteiger partial charge on any atom is 0.251 e. The molecule has 2 unspecified atom stereocenters. The van der Waals surface area contributed by atoms with Crippen LogP contribution in [0.1, 0.15) is 64.8 Å². The van der Waals surface area contributed by atoms with E-state index in [0.29, 0.717) is 17.5 Å². The van der Waals surface area contributed by atoms with Crippen LogP contribution in [-0.4, -0.2) is 28.2 Å². The van der Waals surface area contributed by atoms with Crippen molar-refractivity contribution < 1.29 is 9.90 Å². The molecule has 2 N–H and O–H groups in total. The van der Waals surface area contributed by atoms with Crippen molar-refractivity contribution in [3.05, 3.63) is 110 Å². The van der Waals surface area contributed by atoms with Gasteiger partial charge in [0.2, 0.25) is 5.56 Å². The second kappa shape index (κ2) is 11.7. The van der Waals surface area contributed by atoms with E-state index in [1.165, 1.54) is 10.6 Å². The van der Waals surface area contributed by atoms with Crippen molar-refractivity contribution in [3.8, 4) is 0 Å². The zero-order chi connectivity index (χ0) is 25.5. The van der Waals surface area contributed by atoms with Crippen LogP contribution in [0.2, 0.25) is 0 Å². The highest BCUT2D eigenvalue weighted by Gasteiger charge is 2.24. The Morgan fingerprint density at radius 1 is 1.03 bits per heavy atom. The predicted octanol–water partition coefficient (Wildman–Crippen LogP) is 4.47. The number of amides is 1. The highest BCUT2D eigenvalue weighted by molar-refractivity contribution is 5.94. The molecule has 1 amide bonds. The van der Waals surface area contributed by atoms with E-state index in [1.807, 2.05) is 57.2 Å². The molecule has 0 radical (unpaired) electrons. The summed E-state index contributed by atoms with van der Waals surface area (Å²) in [4.78, 5) is 36.4. The van der Waals surface area contributed by atoms with Gasteiger partial charge < -0.3 is 15.0 Å². The number of aromatic nitrogens is 1. The van der Waals surface area contributed by atoms with Crippen molar-refractivity contribution in [2.75, 3.05) is 6.61 Å². The van der Waals surface area contributed by atoms with E-state index in [2.05, 4.69) is 10.5 Å². The van der Waals surface area contributed by atoms with Crippen LogP contribution in [0.3, 0.4) is 0 Å². The minimum absolute atomic E-state index is 0.110. The van der Waals surface area contributed by atoms with Gasteiger partial charge in [0.1, 0.15) is 6.04 Å². The Morgan fingerprint density at radius 2 is 1.69 bits per heavy atom. The van der Waals surface area contributed by atoms with Gasteiger partial charge in [-0.3, -0.25) is 9.59 Å². The number of aliphatic hydroxyl groups excluding tert-OH is 1. The van der Waals surface area contributed by atoms with Gasteiger partial charge in [-0.1, -0.05) is 55.4 Å². The number of benzene rings is 2. The first-order valence-corrected chi connectivity index (χ1v) is 11.8. The van der Waals surface area contributed by atoms with E-state index in [1.54, 1.807) is 31.4 Å². The number of nitrogens with one attached hydrogen (secondary N) is 1. The number of rotatable bonds is 10. The molecule has 1 heterocycles. The van der Waals surface area contributed by atoms with Gasteiger partial charge in [0, 0.05) is 30.8 Å². The summed E-state index contributed by atoms with van der Waals surface area (Å²) in [5.41, 5.74) is 4.15. The lowest BCUT2D eigenvalue weighted by Crippen LogP contribution is -2.41. The second-order valence-electron chi connectivity index (χ2n) is 9.31. The maximum atomic E-state index is 12.7. The third-order valence-electron chi connectivity index (χ3n) is 6.54. The fourth-order valence-corrected chi connectivity index (χ4v) is 4.24. The van der Waals surface area contributed by atoms with Crippen molar-refractivity contribution in [1.29, 1.82) is 0 Å². The van der Waals surface area contributed by atoms with E-state index in [0.717, 1.165) is 16.7 Å². The summed E-state index contributed by atoms with van der Waals surface area (Å²) < 4.78 is 1.44. The molecule has 3 atom stereocenters. The van der Waals surface area contributed by atoms with Crippen LogP contribution in [0.4, 0.5) is 0 Å². The van der Waals surface area contributed by atoms with E-state index in [4.69, 9.17) is 0 Å². The summed E-state index contributed by atoms with van der Waals surface area (Å²) in [6.45, 7) is 5.79. The minimum Gasteiger partial charge on any atom is -0.394 e. The van der Waals surface area contributed by atoms with Crippen molar-refractivity contribution >= 4 is 5.91 Å². The summed E-state index contributed by atoms with van der Waals surface area (Å²) >= 11 is 0. The van der Waals surface area contributed by atoms with Gasteiger partial charge in [0.05, 0.1) is 12.6 Å². The molecular formula is C28H33N3O4. The fraction of sp³-hybridized carbons (Fsp3) is 0.357. The quantitative estimate of drug-likeness (QED) is 0.423. The molecule has 0 bridgehead atoms. The SMILES string of the molecule is Cc1ccccc1C(CC(N=O)c1ccc(=O)n(C)c1)c1ccc(C(=O)N[C@H](CO)C(C)C)cc1. The van der Waals surface area contributed by atoms with Crippen molar-refractivity contribution in [3.63, 3.8) is 0 Å². The van der Waals surface area contributed by atoms with Crippen LogP contribution in [0.15, 0.2) is 76.8 Å². The van der Waals surface area contributed by atoms with E-state index in [-0.39, 0.29) is 36.0 Å². The van der Waals surface area contributed by atoms with E-state index < -0.39 is 6.04 Å². The third-order valence-corrected chi connectivity index (χ3v) is 6.54. The largest absolute Gasteiger partial charge is 0.394 e. The van der Waals surface area contributed by atoms with Crippen LogP contribution in [-0.2, 0) is 7.05 Å². The maximum absolute atomic E-state index is 12.7. The zero-order valence-electron chi connectivity index (χ0n) is 20.6. The molecule has 2 aromatic carbocycles. The molecule has 184 valence electrons. The van der Waals surface area contributed by atoms with Crippen molar-refractivity contribution in [2.24, 2.45) is 18.1 Å². The van der Waals surface area contributed by atoms with Gasteiger partial charge in [-0.15, -0.1) is 0 Å². The molecule has 0 aliphatic heterocycles. The first kappa shape index (κ1) is 26.0. The Balaban J connectivity index is 1.94. The molecule has 0 aliphatic carbocycles. The molecule has 7 nitrogen and oxygen atoms in total. The highest BCUT2D eigenvalue weighted by atomic mass is 16.3. The first-order valence-electron chi connectivity index (χ1n) is 11.8. The Labute approximate surface area is 205 Å². The highest BCUT2D eigenvalue weighted by Crippen LogP contribution is 2.37. The van der Waals surface area contributed by atoms with Gasteiger partial charge in [-0.05, 0) is 59.7 Å². The topological polar surface area (TPSA) is 101 Å². The molecule has 3 aromatic rings. The molecule has 3 rings (SSSR count). The number of aryl methyl sites for hydroxylation is 2. The third kappa shape index (κ3) is 6.31. The lowest BCUT2D eigenvalue weighted by molar-refractivity contribution is 0.0897. The van der Waals surface area contributed by atoms with Crippen LogP contribution < -0.4 is 10.9 Å². The van der Waals surface area contributed by atoms with Crippen molar-refractivity contribution in [1.82, 2.24) is 9.88 Å². The molecule has 1 aromatic heterocycles. The number of hydrogen-bond acceptors (Lipinski definition) is 5. The number of pyridine rings is 1. The standard InChI is InChI=1S/C28H33N3O4/c1-18(2)26(17-32)29-28(34)21-11-9-20(10-12-21)24(23-8-6-5-7-19(23)3)15-25(30-35)22-13-14-27(33)31(4)16-22/h5-14,16,18,24-26,32H,15,17H2,1-4H3,(H,29,34)/t24?,25?,26-/m1/s1. The Bertz CT molecular complexity index is 1220. The van der Waals surface area contributed by atoms with Gasteiger partial charge in [0.25, 0.3) is 5.91 Å². The second-order valence-corrected chi connectivity index (χ2v) is 9.31. The minimum atomic E-state index is -0.647. The molecule has 7 heteroatoms. The Hall–Kier alpha value is -3.58. The normalized spacial score (nSPS) is 13.8.